The molecule has 1 aromatic rings. The number of aromatic nitrogens is 1. The summed E-state index contributed by atoms with van der Waals surface area (Å²) in [5, 5.41) is 0. The van der Waals surface area contributed by atoms with Crippen molar-refractivity contribution in [1.29, 1.82) is 0 Å². The lowest BCUT2D eigenvalue weighted by Crippen LogP contribution is -2.42. The van der Waals surface area contributed by atoms with E-state index in [9.17, 15) is 4.79 Å². The first-order valence-corrected chi connectivity index (χ1v) is 4.70. The van der Waals surface area contributed by atoms with Gasteiger partial charge in [-0.05, 0) is 25.5 Å². The van der Waals surface area contributed by atoms with Crippen LogP contribution in [0.3, 0.4) is 0 Å². The van der Waals surface area contributed by atoms with E-state index in [0.717, 1.165) is 6.42 Å². The first-order valence-electron chi connectivity index (χ1n) is 4.70. The summed E-state index contributed by atoms with van der Waals surface area (Å²) in [5.74, 6) is -0.132. The van der Waals surface area contributed by atoms with Gasteiger partial charge in [-0.25, -0.2) is 5.43 Å². The average molecular weight is 193 g/mol. The number of rotatable bonds is 4. The van der Waals surface area contributed by atoms with E-state index in [0.29, 0.717) is 5.56 Å². The quantitative estimate of drug-likeness (QED) is 0.704. The van der Waals surface area contributed by atoms with E-state index in [-0.39, 0.29) is 11.9 Å². The van der Waals surface area contributed by atoms with Gasteiger partial charge in [-0.1, -0.05) is 6.92 Å². The summed E-state index contributed by atoms with van der Waals surface area (Å²) in [5.41, 5.74) is 6.15. The third kappa shape index (κ3) is 3.14. The molecule has 0 saturated carbocycles. The molecule has 0 saturated heterocycles. The highest BCUT2D eigenvalue weighted by atomic mass is 16.2. The zero-order valence-corrected chi connectivity index (χ0v) is 8.45. The van der Waals surface area contributed by atoms with Crippen molar-refractivity contribution in [3.05, 3.63) is 30.1 Å². The molecule has 1 amide bonds. The Bertz CT molecular complexity index is 287. The molecule has 4 heteroatoms. The van der Waals surface area contributed by atoms with Gasteiger partial charge in [-0.2, -0.15) is 0 Å². The highest BCUT2D eigenvalue weighted by molar-refractivity contribution is 5.93. The molecule has 0 unspecified atom stereocenters. The van der Waals surface area contributed by atoms with Gasteiger partial charge in [0.05, 0.1) is 0 Å². The monoisotopic (exact) mass is 193 g/mol. The fourth-order valence-corrected chi connectivity index (χ4v) is 0.866. The summed E-state index contributed by atoms with van der Waals surface area (Å²) in [6.45, 7) is 4.06. The highest BCUT2D eigenvalue weighted by Gasteiger charge is 2.04. The molecule has 0 aromatic carbocycles. The molecular weight excluding hydrogens is 178 g/mol. The van der Waals surface area contributed by atoms with Gasteiger partial charge >= 0.3 is 0 Å². The Morgan fingerprint density at radius 2 is 2.14 bits per heavy atom. The largest absolute Gasteiger partial charge is 0.287 e. The van der Waals surface area contributed by atoms with Gasteiger partial charge in [-0.15, -0.1) is 0 Å². The Labute approximate surface area is 83.7 Å². The zero-order valence-electron chi connectivity index (χ0n) is 8.45. The molecule has 0 aliphatic carbocycles. The van der Waals surface area contributed by atoms with Crippen LogP contribution >= 0.6 is 0 Å². The van der Waals surface area contributed by atoms with Crippen molar-refractivity contribution in [2.75, 3.05) is 0 Å². The van der Waals surface area contributed by atoms with Crippen molar-refractivity contribution in [1.82, 2.24) is 15.8 Å². The van der Waals surface area contributed by atoms with Gasteiger partial charge < -0.3 is 0 Å². The third-order valence-corrected chi connectivity index (χ3v) is 1.99. The summed E-state index contributed by atoms with van der Waals surface area (Å²) in [6.07, 6.45) is 4.16. The van der Waals surface area contributed by atoms with E-state index in [1.54, 1.807) is 24.5 Å². The fraction of sp³-hybridized carbons (Fsp3) is 0.400. The lowest BCUT2D eigenvalue weighted by atomic mass is 10.2. The van der Waals surface area contributed by atoms with E-state index >= 15 is 0 Å². The smallest absolute Gasteiger partial charge is 0.265 e. The van der Waals surface area contributed by atoms with Gasteiger partial charge in [0, 0.05) is 24.0 Å². The summed E-state index contributed by atoms with van der Waals surface area (Å²) in [4.78, 5) is 15.3. The van der Waals surface area contributed by atoms with E-state index in [2.05, 4.69) is 22.8 Å². The highest BCUT2D eigenvalue weighted by Crippen LogP contribution is 1.94. The van der Waals surface area contributed by atoms with Crippen molar-refractivity contribution >= 4 is 5.91 Å². The second kappa shape index (κ2) is 5.34. The molecule has 14 heavy (non-hydrogen) atoms. The predicted octanol–water partition coefficient (Wildman–Crippen LogP) is 1.11. The minimum absolute atomic E-state index is 0.132. The Kier molecular flexibility index (Phi) is 4.07. The Hall–Kier alpha value is -1.42. The number of nitrogens with zero attached hydrogens (tertiary/aromatic N) is 1. The Morgan fingerprint density at radius 1 is 1.50 bits per heavy atom. The normalized spacial score (nSPS) is 12.1. The van der Waals surface area contributed by atoms with Gasteiger partial charge in [0.15, 0.2) is 0 Å². The van der Waals surface area contributed by atoms with E-state index in [1.807, 2.05) is 6.92 Å². The van der Waals surface area contributed by atoms with Gasteiger partial charge in [0.2, 0.25) is 0 Å². The van der Waals surface area contributed by atoms with Crippen LogP contribution in [0, 0.1) is 0 Å². The SMILES string of the molecule is CC[C@H](C)NNC(=O)c1ccncc1. The number of hydrogen-bond acceptors (Lipinski definition) is 3. The molecule has 1 heterocycles. The maximum Gasteiger partial charge on any atom is 0.265 e. The standard InChI is InChI=1S/C10H15N3O/c1-3-8(2)12-13-10(14)9-4-6-11-7-5-9/h4-8,12H,3H2,1-2H3,(H,13,14)/t8-/m0/s1. The maximum absolute atomic E-state index is 11.5. The summed E-state index contributed by atoms with van der Waals surface area (Å²) in [7, 11) is 0. The number of nitrogens with one attached hydrogen (secondary N) is 2. The molecular formula is C10H15N3O. The number of hydrogen-bond donors (Lipinski definition) is 2. The van der Waals surface area contributed by atoms with Crippen LogP contribution in [0.25, 0.3) is 0 Å². The molecule has 0 aliphatic heterocycles. The molecule has 0 aliphatic rings. The number of carbonyl (C=O) groups excluding carboxylic acids is 1. The van der Waals surface area contributed by atoms with E-state index < -0.39 is 0 Å². The molecule has 0 fully saturated rings. The number of amides is 1. The molecule has 1 atom stereocenters. The number of pyridine rings is 1. The average Bonchev–Trinajstić information content (AvgIpc) is 2.26. The van der Waals surface area contributed by atoms with Crippen LogP contribution in [0.15, 0.2) is 24.5 Å². The van der Waals surface area contributed by atoms with Crippen LogP contribution in [0.2, 0.25) is 0 Å². The van der Waals surface area contributed by atoms with Crippen LogP contribution in [0.4, 0.5) is 0 Å². The molecule has 4 nitrogen and oxygen atoms in total. The zero-order chi connectivity index (χ0) is 10.4. The van der Waals surface area contributed by atoms with Crippen molar-refractivity contribution in [3.63, 3.8) is 0 Å². The second-order valence-electron chi connectivity index (χ2n) is 3.14. The molecule has 2 N–H and O–H groups in total. The van der Waals surface area contributed by atoms with Gasteiger partial charge in [-0.3, -0.25) is 15.2 Å². The fourth-order valence-electron chi connectivity index (χ4n) is 0.866. The molecule has 76 valence electrons. The van der Waals surface area contributed by atoms with Crippen LogP contribution in [0.5, 0.6) is 0 Å². The van der Waals surface area contributed by atoms with Gasteiger partial charge in [0.1, 0.15) is 0 Å². The van der Waals surface area contributed by atoms with Crippen molar-refractivity contribution in [2.45, 2.75) is 26.3 Å². The van der Waals surface area contributed by atoms with E-state index in [1.165, 1.54) is 0 Å². The van der Waals surface area contributed by atoms with Crippen LogP contribution in [0.1, 0.15) is 30.6 Å². The second-order valence-corrected chi connectivity index (χ2v) is 3.14. The topological polar surface area (TPSA) is 54.0 Å². The van der Waals surface area contributed by atoms with Crippen LogP contribution < -0.4 is 10.9 Å². The lowest BCUT2D eigenvalue weighted by molar-refractivity contribution is 0.0926. The minimum Gasteiger partial charge on any atom is -0.287 e. The molecule has 0 spiro atoms. The maximum atomic E-state index is 11.5. The molecule has 1 rings (SSSR count). The first kappa shape index (κ1) is 10.7. The minimum atomic E-state index is -0.132. The molecule has 0 bridgehead atoms. The lowest BCUT2D eigenvalue weighted by Gasteiger charge is -2.12. The van der Waals surface area contributed by atoms with Crippen LogP contribution in [-0.4, -0.2) is 16.9 Å². The Balaban J connectivity index is 2.44. The molecule has 0 radical (unpaired) electrons. The van der Waals surface area contributed by atoms with Crippen LogP contribution in [-0.2, 0) is 0 Å². The first-order chi connectivity index (χ1) is 6.74. The van der Waals surface area contributed by atoms with Crippen molar-refractivity contribution in [2.24, 2.45) is 0 Å². The molecule has 1 aromatic heterocycles. The summed E-state index contributed by atoms with van der Waals surface area (Å²) < 4.78 is 0. The Morgan fingerprint density at radius 3 is 2.71 bits per heavy atom. The predicted molar refractivity (Wildman–Crippen MR) is 54.6 cm³/mol. The summed E-state index contributed by atoms with van der Waals surface area (Å²) >= 11 is 0. The third-order valence-electron chi connectivity index (χ3n) is 1.99. The van der Waals surface area contributed by atoms with Gasteiger partial charge in [0.25, 0.3) is 5.91 Å². The number of hydrazine groups is 1. The van der Waals surface area contributed by atoms with Crippen molar-refractivity contribution in [3.8, 4) is 0 Å². The number of carbonyl (C=O) groups is 1. The van der Waals surface area contributed by atoms with E-state index in [4.69, 9.17) is 0 Å². The van der Waals surface area contributed by atoms with Crippen molar-refractivity contribution < 1.29 is 4.79 Å². The summed E-state index contributed by atoms with van der Waals surface area (Å²) in [6, 6.07) is 3.63.